The van der Waals surface area contributed by atoms with Crippen LogP contribution in [0.3, 0.4) is 0 Å². The molecule has 86 valence electrons. The first kappa shape index (κ1) is 14.2. The van der Waals surface area contributed by atoms with Crippen molar-refractivity contribution in [3.63, 3.8) is 0 Å². The lowest BCUT2D eigenvalue weighted by Crippen LogP contribution is -2.13. The number of likely N-dealkylation sites (N-methyl/N-ethyl adjacent to an activating group) is 1. The average molecular weight is 215 g/mol. The predicted octanol–water partition coefficient (Wildman–Crippen LogP) is 4.21. The van der Waals surface area contributed by atoms with E-state index >= 15 is 0 Å². The predicted molar refractivity (Wildman–Crippen MR) is 74.0 cm³/mol. The van der Waals surface area contributed by atoms with Crippen LogP contribution in [0.15, 0.2) is 73.2 Å². The molecule has 0 spiro atoms. The number of rotatable bonds is 6. The Kier molecular flexibility index (Phi) is 7.60. The fraction of sp³-hybridized carbons (Fsp3) is 0.200. The third kappa shape index (κ3) is 5.20. The zero-order chi connectivity index (χ0) is 12.4. The van der Waals surface area contributed by atoms with Gasteiger partial charge in [0.2, 0.25) is 0 Å². The van der Waals surface area contributed by atoms with Crippen molar-refractivity contribution in [1.29, 1.82) is 0 Å². The summed E-state index contributed by atoms with van der Waals surface area (Å²) in [6, 6.07) is 0. The normalized spacial score (nSPS) is 13.4. The molecule has 1 heteroatoms. The Balaban J connectivity index is 4.80. The molecule has 0 heterocycles. The monoisotopic (exact) mass is 215 g/mol. The largest absolute Gasteiger partial charge is 0.348 e. The second kappa shape index (κ2) is 8.54. The molecule has 0 atom stereocenters. The Bertz CT molecular complexity index is 340. The van der Waals surface area contributed by atoms with Crippen molar-refractivity contribution in [2.45, 2.75) is 13.8 Å². The summed E-state index contributed by atoms with van der Waals surface area (Å²) in [5.74, 6) is 0. The van der Waals surface area contributed by atoms with Crippen molar-refractivity contribution in [1.82, 2.24) is 4.90 Å². The topological polar surface area (TPSA) is 3.24 Å². The summed E-state index contributed by atoms with van der Waals surface area (Å²) in [5, 5.41) is 0. The van der Waals surface area contributed by atoms with Gasteiger partial charge in [-0.05, 0) is 32.1 Å². The van der Waals surface area contributed by atoms with Gasteiger partial charge in [-0.25, -0.2) is 0 Å². The molecule has 0 aliphatic rings. The minimum atomic E-state index is 1.07. The van der Waals surface area contributed by atoms with Crippen molar-refractivity contribution in [3.8, 4) is 0 Å². The molecule has 0 unspecified atom stereocenters. The Hall–Kier alpha value is -1.76. The zero-order valence-electron chi connectivity index (χ0n) is 10.5. The van der Waals surface area contributed by atoms with E-state index in [1.807, 2.05) is 56.5 Å². The van der Waals surface area contributed by atoms with Gasteiger partial charge >= 0.3 is 0 Å². The molecule has 0 saturated heterocycles. The zero-order valence-corrected chi connectivity index (χ0v) is 10.5. The van der Waals surface area contributed by atoms with Gasteiger partial charge in [0.05, 0.1) is 0 Å². The molecule has 0 N–H and O–H groups in total. The standard InChI is InChI=1S/C15H21N/c1-6-9-11-12-14(4)16(5)15(8-3)13-10-7-2/h6-13H,1,3H2,2,4-5H3/b10-7+,11-9-,14-12+,15-13+. The second-order valence-electron chi connectivity index (χ2n) is 3.31. The quantitative estimate of drug-likeness (QED) is 0.600. The number of hydrogen-bond acceptors (Lipinski definition) is 1. The van der Waals surface area contributed by atoms with Gasteiger partial charge in [0, 0.05) is 18.4 Å². The first-order valence-electron chi connectivity index (χ1n) is 5.32. The third-order valence-corrected chi connectivity index (χ3v) is 2.17. The lowest BCUT2D eigenvalue weighted by molar-refractivity contribution is 0.538. The Morgan fingerprint density at radius 1 is 1.06 bits per heavy atom. The molecule has 0 bridgehead atoms. The van der Waals surface area contributed by atoms with Crippen LogP contribution >= 0.6 is 0 Å². The van der Waals surface area contributed by atoms with Gasteiger partial charge in [0.25, 0.3) is 0 Å². The summed E-state index contributed by atoms with van der Waals surface area (Å²) in [6.45, 7) is 11.5. The van der Waals surface area contributed by atoms with Gasteiger partial charge < -0.3 is 4.90 Å². The highest BCUT2D eigenvalue weighted by Crippen LogP contribution is 2.11. The SMILES string of the molecule is C=C/C=C\C=C(/C)N(C)/C(C=C)=C/C=C/C. The number of nitrogens with zero attached hydrogens (tertiary/aromatic N) is 1. The van der Waals surface area contributed by atoms with E-state index < -0.39 is 0 Å². The maximum atomic E-state index is 3.81. The number of allylic oxidation sites excluding steroid dienone is 9. The van der Waals surface area contributed by atoms with Gasteiger partial charge in [-0.15, -0.1) is 0 Å². The Morgan fingerprint density at radius 2 is 1.75 bits per heavy atom. The van der Waals surface area contributed by atoms with Crippen LogP contribution in [-0.2, 0) is 0 Å². The lowest BCUT2D eigenvalue weighted by atomic mass is 10.3. The molecule has 0 saturated carbocycles. The molecule has 0 aromatic rings. The highest BCUT2D eigenvalue weighted by atomic mass is 15.1. The molecule has 1 nitrogen and oxygen atoms in total. The van der Waals surface area contributed by atoms with Crippen LogP contribution in [-0.4, -0.2) is 11.9 Å². The highest BCUT2D eigenvalue weighted by Gasteiger charge is 2.00. The maximum absolute atomic E-state index is 3.81. The van der Waals surface area contributed by atoms with Crippen LogP contribution in [0.4, 0.5) is 0 Å². The first-order chi connectivity index (χ1) is 7.67. The summed E-state index contributed by atoms with van der Waals surface area (Å²) < 4.78 is 0. The van der Waals surface area contributed by atoms with E-state index in [0.717, 1.165) is 11.4 Å². The molecular weight excluding hydrogens is 194 g/mol. The van der Waals surface area contributed by atoms with Crippen molar-refractivity contribution >= 4 is 0 Å². The van der Waals surface area contributed by atoms with Crippen molar-refractivity contribution in [2.24, 2.45) is 0 Å². The molecule has 0 amide bonds. The maximum Gasteiger partial charge on any atom is 0.0399 e. The van der Waals surface area contributed by atoms with E-state index in [1.165, 1.54) is 0 Å². The molecule has 0 fully saturated rings. The average Bonchev–Trinajstić information content (AvgIpc) is 2.30. The van der Waals surface area contributed by atoms with E-state index in [0.29, 0.717) is 0 Å². The van der Waals surface area contributed by atoms with E-state index in [9.17, 15) is 0 Å². The van der Waals surface area contributed by atoms with E-state index in [1.54, 1.807) is 6.08 Å². The minimum Gasteiger partial charge on any atom is -0.348 e. The summed E-state index contributed by atoms with van der Waals surface area (Å²) in [6.07, 6.45) is 15.5. The van der Waals surface area contributed by atoms with Gasteiger partial charge in [-0.1, -0.05) is 43.5 Å². The molecule has 0 aromatic carbocycles. The van der Waals surface area contributed by atoms with Crippen molar-refractivity contribution in [3.05, 3.63) is 73.2 Å². The van der Waals surface area contributed by atoms with Gasteiger partial charge in [0.1, 0.15) is 0 Å². The van der Waals surface area contributed by atoms with Crippen LogP contribution in [0.2, 0.25) is 0 Å². The summed E-state index contributed by atoms with van der Waals surface area (Å²) in [4.78, 5) is 2.08. The summed E-state index contributed by atoms with van der Waals surface area (Å²) in [7, 11) is 2.02. The Morgan fingerprint density at radius 3 is 2.25 bits per heavy atom. The van der Waals surface area contributed by atoms with Crippen molar-refractivity contribution < 1.29 is 0 Å². The van der Waals surface area contributed by atoms with Crippen LogP contribution < -0.4 is 0 Å². The summed E-state index contributed by atoms with van der Waals surface area (Å²) >= 11 is 0. The summed E-state index contributed by atoms with van der Waals surface area (Å²) in [5.41, 5.74) is 2.22. The minimum absolute atomic E-state index is 1.07. The number of hydrogen-bond donors (Lipinski definition) is 0. The van der Waals surface area contributed by atoms with Crippen LogP contribution in [0.25, 0.3) is 0 Å². The molecule has 0 radical (unpaired) electrons. The fourth-order valence-corrected chi connectivity index (χ4v) is 1.10. The molecule has 16 heavy (non-hydrogen) atoms. The smallest absolute Gasteiger partial charge is 0.0399 e. The first-order valence-corrected chi connectivity index (χ1v) is 5.32. The van der Waals surface area contributed by atoms with Crippen LogP contribution in [0, 0.1) is 0 Å². The molecule has 0 aromatic heterocycles. The van der Waals surface area contributed by atoms with Crippen molar-refractivity contribution in [2.75, 3.05) is 7.05 Å². The molecule has 0 rings (SSSR count). The molecule has 0 aliphatic carbocycles. The van der Waals surface area contributed by atoms with Gasteiger partial charge in [-0.3, -0.25) is 0 Å². The lowest BCUT2D eigenvalue weighted by Gasteiger charge is -2.20. The second-order valence-corrected chi connectivity index (χ2v) is 3.31. The molecular formula is C15H21N. The van der Waals surface area contributed by atoms with Crippen LogP contribution in [0.5, 0.6) is 0 Å². The van der Waals surface area contributed by atoms with Crippen LogP contribution in [0.1, 0.15) is 13.8 Å². The molecule has 0 aliphatic heterocycles. The highest BCUT2D eigenvalue weighted by molar-refractivity contribution is 5.26. The van der Waals surface area contributed by atoms with Gasteiger partial charge in [0.15, 0.2) is 0 Å². The van der Waals surface area contributed by atoms with Gasteiger partial charge in [-0.2, -0.15) is 0 Å². The van der Waals surface area contributed by atoms with E-state index in [2.05, 4.69) is 25.0 Å². The third-order valence-electron chi connectivity index (χ3n) is 2.17. The fourth-order valence-electron chi connectivity index (χ4n) is 1.10. The van der Waals surface area contributed by atoms with E-state index in [4.69, 9.17) is 0 Å². The Labute approximate surface area is 99.5 Å². The van der Waals surface area contributed by atoms with E-state index in [-0.39, 0.29) is 0 Å².